The molecule has 1 N–H and O–H groups in total. The first kappa shape index (κ1) is 15.4. The van der Waals surface area contributed by atoms with E-state index >= 15 is 0 Å². The van der Waals surface area contributed by atoms with Crippen molar-refractivity contribution in [2.75, 3.05) is 13.6 Å². The number of carbonyl (C=O) groups excluding carboxylic acids is 1. The molecule has 0 saturated carbocycles. The average Bonchev–Trinajstić information content (AvgIpc) is 2.83. The normalized spacial score (nSPS) is 22.1. The van der Waals surface area contributed by atoms with Gasteiger partial charge in [-0.15, -0.1) is 0 Å². The first-order valence-corrected chi connectivity index (χ1v) is 7.18. The minimum absolute atomic E-state index is 0.0619. The standard InChI is InChI=1S/C15H22N2O4/c1-10-8-12(14(18)19)6-7-17(10)15(20)16(3)9-13-5-4-11(2)21-13/h4-5,10,12H,6-9H2,1-3H3,(H,18,19). The van der Waals surface area contributed by atoms with Crippen molar-refractivity contribution in [3.63, 3.8) is 0 Å². The SMILES string of the molecule is Cc1ccc(CN(C)C(=O)N2CCC(C(=O)O)CC2C)o1. The molecule has 0 aliphatic carbocycles. The van der Waals surface area contributed by atoms with Crippen LogP contribution in [0.1, 0.15) is 31.3 Å². The number of carboxylic acids is 1. The van der Waals surface area contributed by atoms with E-state index in [-0.39, 0.29) is 18.0 Å². The van der Waals surface area contributed by atoms with E-state index < -0.39 is 5.97 Å². The highest BCUT2D eigenvalue weighted by Gasteiger charge is 2.33. The minimum atomic E-state index is -0.770. The number of amides is 2. The Bertz CT molecular complexity index is 525. The van der Waals surface area contributed by atoms with Gasteiger partial charge in [0.05, 0.1) is 12.5 Å². The quantitative estimate of drug-likeness (QED) is 0.928. The van der Waals surface area contributed by atoms with Gasteiger partial charge in [0.1, 0.15) is 11.5 Å². The summed E-state index contributed by atoms with van der Waals surface area (Å²) in [6.07, 6.45) is 1.02. The van der Waals surface area contributed by atoms with Crippen LogP contribution in [0.25, 0.3) is 0 Å². The largest absolute Gasteiger partial charge is 0.481 e. The van der Waals surface area contributed by atoms with E-state index in [1.165, 1.54) is 0 Å². The molecule has 1 aliphatic rings. The van der Waals surface area contributed by atoms with Crippen LogP contribution in [-0.2, 0) is 11.3 Å². The second-order valence-corrected chi connectivity index (χ2v) is 5.75. The van der Waals surface area contributed by atoms with E-state index in [0.29, 0.717) is 25.9 Å². The summed E-state index contributed by atoms with van der Waals surface area (Å²) < 4.78 is 5.48. The van der Waals surface area contributed by atoms with E-state index in [9.17, 15) is 9.59 Å². The first-order chi connectivity index (χ1) is 9.88. The zero-order valence-electron chi connectivity index (χ0n) is 12.7. The number of hydrogen-bond donors (Lipinski definition) is 1. The lowest BCUT2D eigenvalue weighted by atomic mass is 9.92. The number of urea groups is 1. The Hall–Kier alpha value is -1.98. The van der Waals surface area contributed by atoms with Crippen molar-refractivity contribution in [2.24, 2.45) is 5.92 Å². The van der Waals surface area contributed by atoms with Gasteiger partial charge < -0.3 is 19.3 Å². The fourth-order valence-corrected chi connectivity index (χ4v) is 2.77. The summed E-state index contributed by atoms with van der Waals surface area (Å²) in [4.78, 5) is 26.8. The van der Waals surface area contributed by atoms with Crippen LogP contribution in [0.5, 0.6) is 0 Å². The van der Waals surface area contributed by atoms with Gasteiger partial charge in [-0.2, -0.15) is 0 Å². The molecular weight excluding hydrogens is 272 g/mol. The molecule has 1 aromatic heterocycles. The fraction of sp³-hybridized carbons (Fsp3) is 0.600. The van der Waals surface area contributed by atoms with E-state index in [1.807, 2.05) is 26.0 Å². The van der Waals surface area contributed by atoms with Crippen LogP contribution in [0, 0.1) is 12.8 Å². The van der Waals surface area contributed by atoms with Crippen molar-refractivity contribution in [2.45, 2.75) is 39.3 Å². The van der Waals surface area contributed by atoms with Gasteiger partial charge in [0, 0.05) is 19.6 Å². The highest BCUT2D eigenvalue weighted by atomic mass is 16.4. The summed E-state index contributed by atoms with van der Waals surface area (Å²) in [5.41, 5.74) is 0. The Labute approximate surface area is 124 Å². The molecule has 0 aromatic carbocycles. The zero-order valence-corrected chi connectivity index (χ0v) is 12.7. The number of aryl methyl sites for hydroxylation is 1. The monoisotopic (exact) mass is 294 g/mol. The van der Waals surface area contributed by atoms with Crippen LogP contribution in [0.4, 0.5) is 4.79 Å². The summed E-state index contributed by atoms with van der Waals surface area (Å²) >= 11 is 0. The molecular formula is C15H22N2O4. The molecule has 2 atom stereocenters. The molecule has 6 nitrogen and oxygen atoms in total. The Morgan fingerprint density at radius 1 is 1.48 bits per heavy atom. The average molecular weight is 294 g/mol. The smallest absolute Gasteiger partial charge is 0.320 e. The van der Waals surface area contributed by atoms with Crippen LogP contribution < -0.4 is 0 Å². The van der Waals surface area contributed by atoms with E-state index in [1.54, 1.807) is 16.8 Å². The van der Waals surface area contributed by atoms with Gasteiger partial charge >= 0.3 is 12.0 Å². The third kappa shape index (κ3) is 3.56. The molecule has 2 rings (SSSR count). The maximum Gasteiger partial charge on any atom is 0.320 e. The van der Waals surface area contributed by atoms with Gasteiger partial charge in [-0.25, -0.2) is 4.79 Å². The number of carboxylic acid groups (broad SMARTS) is 1. The maximum absolute atomic E-state index is 12.5. The van der Waals surface area contributed by atoms with Crippen LogP contribution in [0.2, 0.25) is 0 Å². The summed E-state index contributed by atoms with van der Waals surface area (Å²) in [6.45, 7) is 4.67. The summed E-state index contributed by atoms with van der Waals surface area (Å²) in [5.74, 6) is 0.452. The molecule has 1 aliphatic heterocycles. The number of nitrogens with zero attached hydrogens (tertiary/aromatic N) is 2. The van der Waals surface area contributed by atoms with Gasteiger partial charge in [-0.05, 0) is 38.8 Å². The number of likely N-dealkylation sites (tertiary alicyclic amines) is 1. The van der Waals surface area contributed by atoms with Crippen molar-refractivity contribution in [1.82, 2.24) is 9.80 Å². The van der Waals surface area contributed by atoms with Gasteiger partial charge in [0.15, 0.2) is 0 Å². The molecule has 2 unspecified atom stereocenters. The molecule has 0 radical (unpaired) electrons. The highest BCUT2D eigenvalue weighted by molar-refractivity contribution is 5.75. The molecule has 2 heterocycles. The Morgan fingerprint density at radius 2 is 2.19 bits per heavy atom. The van der Waals surface area contributed by atoms with Gasteiger partial charge in [-0.3, -0.25) is 4.79 Å². The molecule has 116 valence electrons. The minimum Gasteiger partial charge on any atom is -0.481 e. The summed E-state index contributed by atoms with van der Waals surface area (Å²) in [5, 5.41) is 9.06. The molecule has 2 amide bonds. The molecule has 21 heavy (non-hydrogen) atoms. The number of piperidine rings is 1. The lowest BCUT2D eigenvalue weighted by Gasteiger charge is -2.38. The van der Waals surface area contributed by atoms with Crippen molar-refractivity contribution in [3.05, 3.63) is 23.7 Å². The molecule has 0 spiro atoms. The van der Waals surface area contributed by atoms with Crippen molar-refractivity contribution in [1.29, 1.82) is 0 Å². The predicted octanol–water partition coefficient (Wildman–Crippen LogP) is 2.32. The van der Waals surface area contributed by atoms with Crippen molar-refractivity contribution < 1.29 is 19.1 Å². The van der Waals surface area contributed by atoms with Crippen molar-refractivity contribution in [3.8, 4) is 0 Å². The van der Waals surface area contributed by atoms with E-state index in [4.69, 9.17) is 9.52 Å². The highest BCUT2D eigenvalue weighted by Crippen LogP contribution is 2.24. The fourth-order valence-electron chi connectivity index (χ4n) is 2.77. The summed E-state index contributed by atoms with van der Waals surface area (Å²) in [6, 6.07) is 3.59. The third-order valence-corrected chi connectivity index (χ3v) is 3.99. The number of hydrogen-bond acceptors (Lipinski definition) is 3. The van der Waals surface area contributed by atoms with Crippen LogP contribution >= 0.6 is 0 Å². The Balaban J connectivity index is 1.95. The van der Waals surface area contributed by atoms with Crippen LogP contribution in [-0.4, -0.2) is 46.5 Å². The van der Waals surface area contributed by atoms with Crippen molar-refractivity contribution >= 4 is 12.0 Å². The van der Waals surface area contributed by atoms with E-state index in [0.717, 1.165) is 11.5 Å². The van der Waals surface area contributed by atoms with Gasteiger partial charge in [-0.1, -0.05) is 0 Å². The second-order valence-electron chi connectivity index (χ2n) is 5.75. The predicted molar refractivity (Wildman–Crippen MR) is 76.8 cm³/mol. The second kappa shape index (κ2) is 6.20. The molecule has 6 heteroatoms. The van der Waals surface area contributed by atoms with E-state index in [2.05, 4.69) is 0 Å². The lowest BCUT2D eigenvalue weighted by molar-refractivity contribution is -0.143. The van der Waals surface area contributed by atoms with Crippen LogP contribution in [0.3, 0.4) is 0 Å². The molecule has 1 saturated heterocycles. The van der Waals surface area contributed by atoms with Gasteiger partial charge in [0.2, 0.25) is 0 Å². The Morgan fingerprint density at radius 3 is 2.71 bits per heavy atom. The molecule has 0 bridgehead atoms. The van der Waals surface area contributed by atoms with Gasteiger partial charge in [0.25, 0.3) is 0 Å². The summed E-state index contributed by atoms with van der Waals surface area (Å²) in [7, 11) is 1.73. The third-order valence-electron chi connectivity index (χ3n) is 3.99. The number of carbonyl (C=O) groups is 2. The number of rotatable bonds is 3. The molecule has 1 aromatic rings. The first-order valence-electron chi connectivity index (χ1n) is 7.18. The topological polar surface area (TPSA) is 74.0 Å². The number of furan rings is 1. The molecule has 1 fully saturated rings. The zero-order chi connectivity index (χ0) is 15.6. The lowest BCUT2D eigenvalue weighted by Crippen LogP contribution is -2.50. The van der Waals surface area contributed by atoms with Crippen LogP contribution in [0.15, 0.2) is 16.5 Å². The maximum atomic E-state index is 12.5. The number of aliphatic carboxylic acids is 1. The Kier molecular flexibility index (Phi) is 4.55.